The van der Waals surface area contributed by atoms with E-state index in [4.69, 9.17) is 14.2 Å². The molecule has 1 fully saturated rings. The first-order chi connectivity index (χ1) is 11.8. The first-order valence-electron chi connectivity index (χ1n) is 8.52. The summed E-state index contributed by atoms with van der Waals surface area (Å²) in [5, 5.41) is 0. The van der Waals surface area contributed by atoms with Crippen LogP contribution in [0.15, 0.2) is 42.0 Å². The zero-order chi connectivity index (χ0) is 16.8. The van der Waals surface area contributed by atoms with Gasteiger partial charge in [0.25, 0.3) is 0 Å². The van der Waals surface area contributed by atoms with E-state index in [1.165, 1.54) is 12.7 Å². The Balaban J connectivity index is 1.76. The van der Waals surface area contributed by atoms with Crippen LogP contribution in [0.4, 0.5) is 0 Å². The average Bonchev–Trinajstić information content (AvgIpc) is 2.67. The summed E-state index contributed by atoms with van der Waals surface area (Å²) in [5.41, 5.74) is 2.00. The van der Waals surface area contributed by atoms with E-state index in [1.807, 2.05) is 12.1 Å². The summed E-state index contributed by atoms with van der Waals surface area (Å²) in [7, 11) is 1.43. The number of carbonyl (C=O) groups is 1. The van der Waals surface area contributed by atoms with Crippen LogP contribution < -0.4 is 0 Å². The maximum absolute atomic E-state index is 11.9. The molecule has 24 heavy (non-hydrogen) atoms. The highest BCUT2D eigenvalue weighted by atomic mass is 16.6. The van der Waals surface area contributed by atoms with Crippen LogP contribution in [0.5, 0.6) is 0 Å². The second-order valence-electron chi connectivity index (χ2n) is 6.22. The Morgan fingerprint density at radius 1 is 1.33 bits per heavy atom. The molecular formula is C19H25NO4. The molecule has 0 saturated carbocycles. The van der Waals surface area contributed by atoms with Crippen molar-refractivity contribution in [2.45, 2.75) is 25.0 Å². The summed E-state index contributed by atoms with van der Waals surface area (Å²) in [6, 6.07) is 10.6. The van der Waals surface area contributed by atoms with Crippen LogP contribution in [-0.4, -0.2) is 63.0 Å². The molecule has 2 unspecified atom stereocenters. The van der Waals surface area contributed by atoms with Gasteiger partial charge in [-0.25, -0.2) is 4.79 Å². The summed E-state index contributed by atoms with van der Waals surface area (Å²) in [4.78, 5) is 14.2. The summed E-state index contributed by atoms with van der Waals surface area (Å²) in [6.07, 6.45) is 3.74. The molecule has 1 aromatic carbocycles. The standard InChI is InChI=1S/C19H25NO4/c1-22-19(21)16-8-5-9-20(13-16)17(18-14-23-10-11-24-18)12-15-6-3-2-4-7-15/h2-4,6-8,17-18H,5,9-14H2,1H3. The number of hydrogen-bond donors (Lipinski definition) is 0. The number of esters is 1. The van der Waals surface area contributed by atoms with E-state index in [0.717, 1.165) is 25.0 Å². The van der Waals surface area contributed by atoms with E-state index >= 15 is 0 Å². The number of benzene rings is 1. The summed E-state index contributed by atoms with van der Waals surface area (Å²) >= 11 is 0. The van der Waals surface area contributed by atoms with E-state index in [1.54, 1.807) is 0 Å². The third kappa shape index (κ3) is 4.23. The zero-order valence-corrected chi connectivity index (χ0v) is 14.1. The number of methoxy groups -OCH3 is 1. The average molecular weight is 331 g/mol. The van der Waals surface area contributed by atoms with Crippen molar-refractivity contribution in [3.63, 3.8) is 0 Å². The molecule has 1 saturated heterocycles. The predicted octanol–water partition coefficient (Wildman–Crippen LogP) is 1.82. The van der Waals surface area contributed by atoms with Crippen LogP contribution in [0, 0.1) is 0 Å². The molecule has 2 atom stereocenters. The van der Waals surface area contributed by atoms with Crippen LogP contribution in [-0.2, 0) is 25.4 Å². The lowest BCUT2D eigenvalue weighted by molar-refractivity contribution is -0.137. The quantitative estimate of drug-likeness (QED) is 0.770. The van der Waals surface area contributed by atoms with Gasteiger partial charge in [0.15, 0.2) is 0 Å². The topological polar surface area (TPSA) is 48.0 Å². The monoisotopic (exact) mass is 331 g/mol. The number of ether oxygens (including phenoxy) is 3. The normalized spacial score (nSPS) is 23.4. The first kappa shape index (κ1) is 17.1. The molecule has 2 heterocycles. The van der Waals surface area contributed by atoms with Crippen molar-refractivity contribution in [1.82, 2.24) is 4.90 Å². The van der Waals surface area contributed by atoms with Crippen molar-refractivity contribution in [3.05, 3.63) is 47.5 Å². The molecule has 1 aromatic rings. The van der Waals surface area contributed by atoms with E-state index < -0.39 is 0 Å². The molecule has 0 radical (unpaired) electrons. The Morgan fingerprint density at radius 2 is 2.17 bits per heavy atom. The number of carbonyl (C=O) groups excluding carboxylic acids is 1. The van der Waals surface area contributed by atoms with Crippen LogP contribution >= 0.6 is 0 Å². The largest absolute Gasteiger partial charge is 0.466 e. The molecule has 0 bridgehead atoms. The van der Waals surface area contributed by atoms with Crippen molar-refractivity contribution >= 4 is 5.97 Å². The van der Waals surface area contributed by atoms with Crippen LogP contribution in [0.3, 0.4) is 0 Å². The molecule has 0 amide bonds. The van der Waals surface area contributed by atoms with E-state index in [2.05, 4.69) is 29.2 Å². The highest BCUT2D eigenvalue weighted by molar-refractivity contribution is 5.88. The van der Waals surface area contributed by atoms with Crippen LogP contribution in [0.1, 0.15) is 12.0 Å². The molecule has 0 aromatic heterocycles. The fourth-order valence-electron chi connectivity index (χ4n) is 3.41. The molecule has 5 heteroatoms. The molecule has 5 nitrogen and oxygen atoms in total. The Morgan fingerprint density at radius 3 is 2.88 bits per heavy atom. The second kappa shape index (κ2) is 8.42. The van der Waals surface area contributed by atoms with Crippen molar-refractivity contribution < 1.29 is 19.0 Å². The molecule has 2 aliphatic heterocycles. The van der Waals surface area contributed by atoms with Gasteiger partial charge < -0.3 is 14.2 Å². The molecule has 130 valence electrons. The Bertz CT molecular complexity index is 566. The minimum absolute atomic E-state index is 0.0240. The third-order valence-electron chi connectivity index (χ3n) is 4.66. The van der Waals surface area contributed by atoms with Gasteiger partial charge in [0.05, 0.1) is 33.0 Å². The number of rotatable bonds is 5. The van der Waals surface area contributed by atoms with E-state index in [-0.39, 0.29) is 18.1 Å². The molecule has 0 N–H and O–H groups in total. The fourth-order valence-corrected chi connectivity index (χ4v) is 3.41. The SMILES string of the molecule is COC(=O)C1=CCCN(C(Cc2ccccc2)C2COCCO2)C1. The number of hydrogen-bond acceptors (Lipinski definition) is 5. The zero-order valence-electron chi connectivity index (χ0n) is 14.1. The van der Waals surface area contributed by atoms with Crippen LogP contribution in [0.25, 0.3) is 0 Å². The van der Waals surface area contributed by atoms with Gasteiger partial charge in [0, 0.05) is 24.7 Å². The first-order valence-corrected chi connectivity index (χ1v) is 8.52. The van der Waals surface area contributed by atoms with Gasteiger partial charge in [0.1, 0.15) is 0 Å². The lowest BCUT2D eigenvalue weighted by Crippen LogP contribution is -2.52. The predicted molar refractivity (Wildman–Crippen MR) is 90.8 cm³/mol. The maximum Gasteiger partial charge on any atom is 0.334 e. The maximum atomic E-state index is 11.9. The van der Waals surface area contributed by atoms with Gasteiger partial charge >= 0.3 is 5.97 Å². The van der Waals surface area contributed by atoms with Crippen molar-refractivity contribution in [2.75, 3.05) is 40.0 Å². The second-order valence-corrected chi connectivity index (χ2v) is 6.22. The third-order valence-corrected chi connectivity index (χ3v) is 4.66. The smallest absolute Gasteiger partial charge is 0.334 e. The lowest BCUT2D eigenvalue weighted by Gasteiger charge is -2.40. The lowest BCUT2D eigenvalue weighted by atomic mass is 9.97. The van der Waals surface area contributed by atoms with Gasteiger partial charge in [-0.15, -0.1) is 0 Å². The molecule has 0 aliphatic carbocycles. The van der Waals surface area contributed by atoms with Gasteiger partial charge in [-0.3, -0.25) is 4.90 Å². The minimum atomic E-state index is -0.237. The molecule has 3 rings (SSSR count). The van der Waals surface area contributed by atoms with E-state index in [9.17, 15) is 4.79 Å². The molecule has 2 aliphatic rings. The highest BCUT2D eigenvalue weighted by Crippen LogP contribution is 2.22. The van der Waals surface area contributed by atoms with Gasteiger partial charge in [0.2, 0.25) is 0 Å². The minimum Gasteiger partial charge on any atom is -0.466 e. The Labute approximate surface area is 143 Å². The van der Waals surface area contributed by atoms with Crippen molar-refractivity contribution in [3.8, 4) is 0 Å². The Kier molecular flexibility index (Phi) is 6.01. The number of nitrogens with zero attached hydrogens (tertiary/aromatic N) is 1. The van der Waals surface area contributed by atoms with Crippen molar-refractivity contribution in [2.24, 2.45) is 0 Å². The Hall–Kier alpha value is -1.69. The summed E-state index contributed by atoms with van der Waals surface area (Å²) in [5.74, 6) is -0.237. The van der Waals surface area contributed by atoms with Gasteiger partial charge in [-0.1, -0.05) is 36.4 Å². The van der Waals surface area contributed by atoms with Gasteiger partial charge in [-0.05, 0) is 18.4 Å². The van der Waals surface area contributed by atoms with Crippen molar-refractivity contribution in [1.29, 1.82) is 0 Å². The summed E-state index contributed by atoms with van der Waals surface area (Å²) in [6.45, 7) is 3.40. The van der Waals surface area contributed by atoms with Crippen LogP contribution in [0.2, 0.25) is 0 Å². The summed E-state index contributed by atoms with van der Waals surface area (Å²) < 4.78 is 16.5. The van der Waals surface area contributed by atoms with E-state index in [0.29, 0.717) is 26.4 Å². The molecular weight excluding hydrogens is 306 g/mol. The van der Waals surface area contributed by atoms with Gasteiger partial charge in [-0.2, -0.15) is 0 Å². The fraction of sp³-hybridized carbons (Fsp3) is 0.526. The highest BCUT2D eigenvalue weighted by Gasteiger charge is 2.32. The molecule has 0 spiro atoms.